The molecule has 2 heterocycles. The van der Waals surface area contributed by atoms with Gasteiger partial charge in [-0.3, -0.25) is 0 Å². The van der Waals surface area contributed by atoms with Crippen molar-refractivity contribution in [1.82, 2.24) is 0 Å². The molecule has 1 aliphatic heterocycles. The molecule has 60 valence electrons. The van der Waals surface area contributed by atoms with Gasteiger partial charge >= 0.3 is 0 Å². The van der Waals surface area contributed by atoms with E-state index in [4.69, 9.17) is 14.2 Å². The molecule has 1 aliphatic rings. The van der Waals surface area contributed by atoms with E-state index in [2.05, 4.69) is 0 Å². The zero-order chi connectivity index (χ0) is 7.68. The maximum atomic E-state index is 5.38. The fourth-order valence-corrected chi connectivity index (χ4v) is 1.59. The van der Waals surface area contributed by atoms with Crippen molar-refractivity contribution in [2.45, 2.75) is 6.29 Å². The van der Waals surface area contributed by atoms with Crippen LogP contribution in [0.2, 0.25) is 0 Å². The summed E-state index contributed by atoms with van der Waals surface area (Å²) in [4.78, 5) is 0. The highest BCUT2D eigenvalue weighted by molar-refractivity contribution is 7.08. The molecule has 4 heteroatoms. The lowest BCUT2D eigenvalue weighted by molar-refractivity contribution is -0.0937. The van der Waals surface area contributed by atoms with Crippen molar-refractivity contribution >= 4 is 11.3 Å². The monoisotopic (exact) mass is 172 g/mol. The van der Waals surface area contributed by atoms with Crippen molar-refractivity contribution in [3.63, 3.8) is 0 Å². The standard InChI is InChI=1S/C7H8O3S/c1-8-7-2-9-5-3-11-4-6(5)10-7/h3-4,7H,2H2,1H3. The molecular formula is C7H8O3S. The van der Waals surface area contributed by atoms with Crippen molar-refractivity contribution in [2.75, 3.05) is 13.7 Å². The normalized spacial score (nSPS) is 21.7. The Labute approximate surface area is 68.5 Å². The highest BCUT2D eigenvalue weighted by atomic mass is 32.1. The van der Waals surface area contributed by atoms with E-state index in [1.54, 1.807) is 18.4 Å². The molecule has 2 rings (SSSR count). The molecular weight excluding hydrogens is 164 g/mol. The van der Waals surface area contributed by atoms with E-state index in [1.165, 1.54) is 0 Å². The zero-order valence-corrected chi connectivity index (χ0v) is 6.89. The molecule has 11 heavy (non-hydrogen) atoms. The van der Waals surface area contributed by atoms with Crippen molar-refractivity contribution in [2.24, 2.45) is 0 Å². The molecule has 0 saturated carbocycles. The van der Waals surface area contributed by atoms with Gasteiger partial charge < -0.3 is 14.2 Å². The van der Waals surface area contributed by atoms with E-state index < -0.39 is 0 Å². The highest BCUT2D eigenvalue weighted by Crippen LogP contribution is 2.35. The molecule has 0 aromatic carbocycles. The maximum absolute atomic E-state index is 5.38. The van der Waals surface area contributed by atoms with Crippen LogP contribution in [0.5, 0.6) is 11.5 Å². The quantitative estimate of drug-likeness (QED) is 0.642. The molecule has 0 radical (unpaired) electrons. The van der Waals surface area contributed by atoms with Gasteiger partial charge in [-0.2, -0.15) is 0 Å². The SMILES string of the molecule is COC1COc2cscc2O1. The van der Waals surface area contributed by atoms with Crippen LogP contribution < -0.4 is 9.47 Å². The number of fused-ring (bicyclic) bond motifs is 1. The Morgan fingerprint density at radius 2 is 2.36 bits per heavy atom. The lowest BCUT2D eigenvalue weighted by Gasteiger charge is -2.22. The predicted molar refractivity (Wildman–Crippen MR) is 41.2 cm³/mol. The Hall–Kier alpha value is -0.740. The van der Waals surface area contributed by atoms with Crippen LogP contribution in [0.1, 0.15) is 0 Å². The van der Waals surface area contributed by atoms with Gasteiger partial charge in [-0.15, -0.1) is 11.3 Å². The lowest BCUT2D eigenvalue weighted by atomic mass is 10.5. The van der Waals surface area contributed by atoms with Crippen LogP contribution in [0.15, 0.2) is 10.8 Å². The molecule has 0 bridgehead atoms. The molecule has 3 nitrogen and oxygen atoms in total. The molecule has 0 spiro atoms. The predicted octanol–water partition coefficient (Wildman–Crippen LogP) is 1.49. The Balaban J connectivity index is 2.18. The fraction of sp³-hybridized carbons (Fsp3) is 0.429. The third-order valence-corrected chi connectivity index (χ3v) is 2.19. The molecule has 0 saturated heterocycles. The van der Waals surface area contributed by atoms with Gasteiger partial charge in [0.1, 0.15) is 0 Å². The topological polar surface area (TPSA) is 27.7 Å². The number of hydrogen-bond donors (Lipinski definition) is 0. The minimum atomic E-state index is -0.253. The third-order valence-electron chi connectivity index (χ3n) is 1.49. The van der Waals surface area contributed by atoms with Gasteiger partial charge in [-0.25, -0.2) is 0 Å². The molecule has 0 fully saturated rings. The summed E-state index contributed by atoms with van der Waals surface area (Å²) in [6.07, 6.45) is -0.253. The van der Waals surface area contributed by atoms with Crippen LogP contribution in [0.25, 0.3) is 0 Å². The Morgan fingerprint density at radius 3 is 3.18 bits per heavy atom. The summed E-state index contributed by atoms with van der Waals surface area (Å²) in [5.74, 6) is 1.61. The largest absolute Gasteiger partial charge is 0.482 e. The average molecular weight is 172 g/mol. The number of thiophene rings is 1. The molecule has 1 unspecified atom stereocenters. The van der Waals surface area contributed by atoms with Crippen LogP contribution >= 0.6 is 11.3 Å². The number of rotatable bonds is 1. The first-order valence-corrected chi connectivity index (χ1v) is 4.23. The second kappa shape index (κ2) is 2.71. The van der Waals surface area contributed by atoms with Crippen LogP contribution in [-0.4, -0.2) is 20.0 Å². The number of methoxy groups -OCH3 is 1. The summed E-state index contributed by atoms with van der Waals surface area (Å²) in [7, 11) is 1.60. The summed E-state index contributed by atoms with van der Waals surface area (Å²) in [6.45, 7) is 0.472. The summed E-state index contributed by atoms with van der Waals surface area (Å²) >= 11 is 1.56. The molecule has 0 amide bonds. The second-order valence-electron chi connectivity index (χ2n) is 2.19. The summed E-state index contributed by atoms with van der Waals surface area (Å²) in [5, 5.41) is 3.82. The molecule has 1 aromatic heterocycles. The van der Waals surface area contributed by atoms with Crippen molar-refractivity contribution in [1.29, 1.82) is 0 Å². The Morgan fingerprint density at radius 1 is 1.55 bits per heavy atom. The minimum Gasteiger partial charge on any atom is -0.482 e. The van der Waals surface area contributed by atoms with E-state index in [9.17, 15) is 0 Å². The molecule has 1 aromatic rings. The van der Waals surface area contributed by atoms with E-state index in [0.29, 0.717) is 6.61 Å². The van der Waals surface area contributed by atoms with Gasteiger partial charge in [0, 0.05) is 17.9 Å². The van der Waals surface area contributed by atoms with E-state index in [0.717, 1.165) is 11.5 Å². The summed E-state index contributed by atoms with van der Waals surface area (Å²) in [6, 6.07) is 0. The zero-order valence-electron chi connectivity index (χ0n) is 6.07. The van der Waals surface area contributed by atoms with Crippen LogP contribution in [0, 0.1) is 0 Å². The Kier molecular flexibility index (Phi) is 1.71. The number of ether oxygens (including phenoxy) is 3. The first kappa shape index (κ1) is 6.94. The van der Waals surface area contributed by atoms with Gasteiger partial charge in [0.2, 0.25) is 6.29 Å². The number of hydrogen-bond acceptors (Lipinski definition) is 4. The second-order valence-corrected chi connectivity index (χ2v) is 2.94. The summed E-state index contributed by atoms with van der Waals surface area (Å²) in [5.41, 5.74) is 0. The minimum absolute atomic E-state index is 0.253. The average Bonchev–Trinajstić information content (AvgIpc) is 2.50. The van der Waals surface area contributed by atoms with Gasteiger partial charge in [-0.1, -0.05) is 0 Å². The van der Waals surface area contributed by atoms with Crippen molar-refractivity contribution < 1.29 is 14.2 Å². The van der Waals surface area contributed by atoms with E-state index in [1.807, 2.05) is 10.8 Å². The molecule has 0 N–H and O–H groups in total. The fourth-order valence-electron chi connectivity index (χ4n) is 0.914. The first-order valence-electron chi connectivity index (χ1n) is 3.28. The van der Waals surface area contributed by atoms with Crippen molar-refractivity contribution in [3.8, 4) is 11.5 Å². The Bertz CT molecular complexity index is 246. The first-order chi connectivity index (χ1) is 5.40. The lowest BCUT2D eigenvalue weighted by Crippen LogP contribution is -2.29. The molecule has 1 atom stereocenters. The maximum Gasteiger partial charge on any atom is 0.234 e. The van der Waals surface area contributed by atoms with Crippen LogP contribution in [-0.2, 0) is 4.74 Å². The van der Waals surface area contributed by atoms with Gasteiger partial charge in [0.05, 0.1) is 0 Å². The van der Waals surface area contributed by atoms with Crippen LogP contribution in [0.4, 0.5) is 0 Å². The smallest absolute Gasteiger partial charge is 0.234 e. The van der Waals surface area contributed by atoms with Gasteiger partial charge in [0.15, 0.2) is 18.1 Å². The summed E-state index contributed by atoms with van der Waals surface area (Å²) < 4.78 is 15.7. The van der Waals surface area contributed by atoms with Gasteiger partial charge in [0.25, 0.3) is 0 Å². The molecule has 0 aliphatic carbocycles. The van der Waals surface area contributed by atoms with Crippen molar-refractivity contribution in [3.05, 3.63) is 10.8 Å². The van der Waals surface area contributed by atoms with Crippen LogP contribution in [0.3, 0.4) is 0 Å². The highest BCUT2D eigenvalue weighted by Gasteiger charge is 2.20. The van der Waals surface area contributed by atoms with Gasteiger partial charge in [-0.05, 0) is 0 Å². The van der Waals surface area contributed by atoms with E-state index >= 15 is 0 Å². The third kappa shape index (κ3) is 1.19. The van der Waals surface area contributed by atoms with E-state index in [-0.39, 0.29) is 6.29 Å².